The van der Waals surface area contributed by atoms with Gasteiger partial charge in [0.05, 0.1) is 7.11 Å². The van der Waals surface area contributed by atoms with Gasteiger partial charge in [0.25, 0.3) is 0 Å². The van der Waals surface area contributed by atoms with E-state index in [1.165, 1.54) is 50.8 Å². The van der Waals surface area contributed by atoms with E-state index in [-0.39, 0.29) is 0 Å². The summed E-state index contributed by atoms with van der Waals surface area (Å²) in [5.74, 6) is 2.69. The van der Waals surface area contributed by atoms with Gasteiger partial charge >= 0.3 is 0 Å². The van der Waals surface area contributed by atoms with Crippen LogP contribution in [-0.4, -0.2) is 31.1 Å². The van der Waals surface area contributed by atoms with E-state index in [1.54, 1.807) is 7.11 Å². The minimum atomic E-state index is 0.682. The Morgan fingerprint density at radius 3 is 2.45 bits per heavy atom. The summed E-state index contributed by atoms with van der Waals surface area (Å²) in [6.07, 6.45) is 6.83. The second kappa shape index (κ2) is 6.17. The topological polar surface area (TPSA) is 12.5 Å². The molecule has 1 aromatic carbocycles. The lowest BCUT2D eigenvalue weighted by atomic mass is 9.88. The number of ether oxygens (including phenoxy) is 1. The lowest BCUT2D eigenvalue weighted by Gasteiger charge is -2.36. The van der Waals surface area contributed by atoms with Crippen molar-refractivity contribution in [3.8, 4) is 5.75 Å². The summed E-state index contributed by atoms with van der Waals surface area (Å²) in [5, 5.41) is 0. The Kier molecular flexibility index (Phi) is 4.30. The van der Waals surface area contributed by atoms with E-state index in [1.807, 2.05) is 0 Å². The van der Waals surface area contributed by atoms with E-state index in [0.29, 0.717) is 5.92 Å². The van der Waals surface area contributed by atoms with E-state index < -0.39 is 0 Å². The minimum absolute atomic E-state index is 0.682. The van der Waals surface area contributed by atoms with Gasteiger partial charge in [-0.05, 0) is 68.7 Å². The third-order valence-electron chi connectivity index (χ3n) is 5.29. The summed E-state index contributed by atoms with van der Waals surface area (Å²) in [6, 6.07) is 9.42. The molecule has 1 aliphatic carbocycles. The van der Waals surface area contributed by atoms with Crippen molar-refractivity contribution < 1.29 is 4.74 Å². The van der Waals surface area contributed by atoms with Crippen molar-refractivity contribution in [3.63, 3.8) is 0 Å². The molecule has 2 heteroatoms. The second-order valence-corrected chi connectivity index (χ2v) is 6.62. The summed E-state index contributed by atoms with van der Waals surface area (Å²) in [4.78, 5) is 2.75. The quantitative estimate of drug-likeness (QED) is 0.823. The molecular weight excluding hydrogens is 246 g/mol. The SMILES string of the molecule is COc1ccccc1C1CCN([C@@H]2CC[C@@H](C)C2)CC1. The van der Waals surface area contributed by atoms with Crippen molar-refractivity contribution in [1.82, 2.24) is 4.90 Å². The van der Waals surface area contributed by atoms with Gasteiger partial charge in [0.1, 0.15) is 5.75 Å². The molecule has 0 unspecified atom stereocenters. The van der Waals surface area contributed by atoms with Gasteiger partial charge < -0.3 is 9.64 Å². The molecule has 0 spiro atoms. The number of benzene rings is 1. The van der Waals surface area contributed by atoms with Gasteiger partial charge in [-0.25, -0.2) is 0 Å². The molecule has 0 N–H and O–H groups in total. The monoisotopic (exact) mass is 273 g/mol. The van der Waals surface area contributed by atoms with E-state index in [2.05, 4.69) is 36.1 Å². The fourth-order valence-corrected chi connectivity index (χ4v) is 4.09. The molecule has 2 aliphatic rings. The Bertz CT molecular complexity index is 437. The lowest BCUT2D eigenvalue weighted by Crippen LogP contribution is -2.39. The molecule has 0 aromatic heterocycles. The first kappa shape index (κ1) is 13.9. The third kappa shape index (κ3) is 2.85. The molecule has 20 heavy (non-hydrogen) atoms. The van der Waals surface area contributed by atoms with Crippen molar-refractivity contribution in [2.45, 2.75) is 51.0 Å². The maximum Gasteiger partial charge on any atom is 0.122 e. The van der Waals surface area contributed by atoms with Crippen LogP contribution in [0, 0.1) is 5.92 Å². The normalized spacial score (nSPS) is 28.7. The highest BCUT2D eigenvalue weighted by Crippen LogP contribution is 2.37. The van der Waals surface area contributed by atoms with Crippen LogP contribution in [0.4, 0.5) is 0 Å². The van der Waals surface area contributed by atoms with Crippen LogP contribution in [0.2, 0.25) is 0 Å². The Morgan fingerprint density at radius 2 is 1.80 bits per heavy atom. The van der Waals surface area contributed by atoms with Crippen LogP contribution in [-0.2, 0) is 0 Å². The predicted molar refractivity (Wildman–Crippen MR) is 83.3 cm³/mol. The van der Waals surface area contributed by atoms with Gasteiger partial charge in [0.2, 0.25) is 0 Å². The highest BCUT2D eigenvalue weighted by Gasteiger charge is 2.30. The minimum Gasteiger partial charge on any atom is -0.496 e. The first-order valence-corrected chi connectivity index (χ1v) is 8.15. The summed E-state index contributed by atoms with van der Waals surface area (Å²) < 4.78 is 5.53. The highest BCUT2D eigenvalue weighted by molar-refractivity contribution is 5.36. The highest BCUT2D eigenvalue weighted by atomic mass is 16.5. The molecule has 3 rings (SSSR count). The van der Waals surface area contributed by atoms with Crippen molar-refractivity contribution >= 4 is 0 Å². The Balaban J connectivity index is 1.61. The maximum absolute atomic E-state index is 5.53. The summed E-state index contributed by atoms with van der Waals surface area (Å²) in [7, 11) is 1.79. The molecule has 0 bridgehead atoms. The van der Waals surface area contributed by atoms with Crippen LogP contribution in [0.1, 0.15) is 50.5 Å². The number of hydrogen-bond acceptors (Lipinski definition) is 2. The smallest absolute Gasteiger partial charge is 0.122 e. The molecule has 1 aromatic rings. The number of methoxy groups -OCH3 is 1. The van der Waals surface area contributed by atoms with Crippen LogP contribution in [0.15, 0.2) is 24.3 Å². The van der Waals surface area contributed by atoms with Gasteiger partial charge in [-0.3, -0.25) is 0 Å². The van der Waals surface area contributed by atoms with Crippen LogP contribution in [0.5, 0.6) is 5.75 Å². The zero-order chi connectivity index (χ0) is 13.9. The van der Waals surface area contributed by atoms with E-state index >= 15 is 0 Å². The van der Waals surface area contributed by atoms with E-state index in [0.717, 1.165) is 17.7 Å². The molecule has 1 aliphatic heterocycles. The van der Waals surface area contributed by atoms with Gasteiger partial charge in [0, 0.05) is 6.04 Å². The van der Waals surface area contributed by atoms with Gasteiger partial charge in [-0.2, -0.15) is 0 Å². The predicted octanol–water partition coefficient (Wildman–Crippen LogP) is 4.06. The number of para-hydroxylation sites is 1. The number of piperidine rings is 1. The van der Waals surface area contributed by atoms with Crippen LogP contribution < -0.4 is 4.74 Å². The first-order chi connectivity index (χ1) is 9.78. The molecule has 0 amide bonds. The summed E-state index contributed by atoms with van der Waals surface area (Å²) >= 11 is 0. The summed E-state index contributed by atoms with van der Waals surface area (Å²) in [6.45, 7) is 4.93. The Labute approximate surface area is 123 Å². The van der Waals surface area contributed by atoms with E-state index in [4.69, 9.17) is 4.74 Å². The maximum atomic E-state index is 5.53. The lowest BCUT2D eigenvalue weighted by molar-refractivity contribution is 0.151. The second-order valence-electron chi connectivity index (χ2n) is 6.62. The van der Waals surface area contributed by atoms with Crippen molar-refractivity contribution in [1.29, 1.82) is 0 Å². The molecule has 1 heterocycles. The molecule has 110 valence electrons. The number of rotatable bonds is 3. The number of nitrogens with zero attached hydrogens (tertiary/aromatic N) is 1. The first-order valence-electron chi connectivity index (χ1n) is 8.15. The standard InChI is InChI=1S/C18H27NO/c1-14-7-8-16(13-14)19-11-9-15(10-12-19)17-5-3-4-6-18(17)20-2/h3-6,14-16H,7-13H2,1-2H3/t14-,16-/m1/s1. The van der Waals surface area contributed by atoms with Crippen LogP contribution in [0.3, 0.4) is 0 Å². The van der Waals surface area contributed by atoms with Crippen molar-refractivity contribution in [3.05, 3.63) is 29.8 Å². The molecule has 2 atom stereocenters. The largest absolute Gasteiger partial charge is 0.496 e. The molecule has 1 saturated carbocycles. The molecule has 2 fully saturated rings. The van der Waals surface area contributed by atoms with Crippen molar-refractivity contribution in [2.24, 2.45) is 5.92 Å². The number of hydrogen-bond donors (Lipinski definition) is 0. The average molecular weight is 273 g/mol. The molecule has 2 nitrogen and oxygen atoms in total. The molecule has 0 radical (unpaired) electrons. The molecular formula is C18H27NO. The van der Waals surface area contributed by atoms with Gasteiger partial charge in [-0.15, -0.1) is 0 Å². The van der Waals surface area contributed by atoms with Crippen molar-refractivity contribution in [2.75, 3.05) is 20.2 Å². The van der Waals surface area contributed by atoms with Gasteiger partial charge in [0.15, 0.2) is 0 Å². The zero-order valence-corrected chi connectivity index (χ0v) is 12.8. The third-order valence-corrected chi connectivity index (χ3v) is 5.29. The van der Waals surface area contributed by atoms with Crippen LogP contribution >= 0.6 is 0 Å². The van der Waals surface area contributed by atoms with Crippen LogP contribution in [0.25, 0.3) is 0 Å². The average Bonchev–Trinajstić information content (AvgIpc) is 2.94. The Morgan fingerprint density at radius 1 is 1.05 bits per heavy atom. The van der Waals surface area contributed by atoms with E-state index in [9.17, 15) is 0 Å². The molecule has 1 saturated heterocycles. The summed E-state index contributed by atoms with van der Waals surface area (Å²) in [5.41, 5.74) is 1.41. The fourth-order valence-electron chi connectivity index (χ4n) is 4.09. The fraction of sp³-hybridized carbons (Fsp3) is 0.667. The van der Waals surface area contributed by atoms with Gasteiger partial charge in [-0.1, -0.05) is 25.1 Å². The zero-order valence-electron chi connectivity index (χ0n) is 12.8. The number of likely N-dealkylation sites (tertiary alicyclic amines) is 1. The Hall–Kier alpha value is -1.02.